The van der Waals surface area contributed by atoms with E-state index in [0.29, 0.717) is 37.1 Å². The Morgan fingerprint density at radius 2 is 1.50 bits per heavy atom. The summed E-state index contributed by atoms with van der Waals surface area (Å²) in [5.74, 6) is -0.564. The standard InChI is InChI=1S/C32H35FN2O3/c1-3-26(36)21-27(37)19-20-35-28(4-2)30(32(38)34-25-13-9-6-10-14-25)29(22-11-7-5-8-12-22)31(35)23-15-17-24(33)18-16-23/h5-18,26-27,36-37H,3-4,19-21H2,1-2H3,(H,34,38). The lowest BCUT2D eigenvalue weighted by Gasteiger charge is -2.18. The van der Waals surface area contributed by atoms with Gasteiger partial charge in [0, 0.05) is 23.5 Å². The predicted octanol–water partition coefficient (Wildman–Crippen LogP) is 6.69. The fourth-order valence-electron chi connectivity index (χ4n) is 4.91. The van der Waals surface area contributed by atoms with Gasteiger partial charge in [-0.05, 0) is 73.2 Å². The van der Waals surface area contributed by atoms with Gasteiger partial charge in [0.25, 0.3) is 5.91 Å². The Balaban J connectivity index is 1.90. The summed E-state index contributed by atoms with van der Waals surface area (Å²) in [6.07, 6.45) is 0.582. The molecule has 0 saturated heterocycles. The highest BCUT2D eigenvalue weighted by atomic mass is 19.1. The number of amides is 1. The lowest BCUT2D eigenvalue weighted by molar-refractivity contribution is 0.0712. The second-order valence-electron chi connectivity index (χ2n) is 9.48. The highest BCUT2D eigenvalue weighted by Gasteiger charge is 2.28. The van der Waals surface area contributed by atoms with Crippen LogP contribution >= 0.6 is 0 Å². The van der Waals surface area contributed by atoms with Crippen LogP contribution in [0.4, 0.5) is 10.1 Å². The number of nitrogens with one attached hydrogen (secondary N) is 1. The number of hydrogen-bond acceptors (Lipinski definition) is 3. The third-order valence-corrected chi connectivity index (χ3v) is 6.85. The van der Waals surface area contributed by atoms with E-state index in [0.717, 1.165) is 28.1 Å². The lowest BCUT2D eigenvalue weighted by Crippen LogP contribution is -2.20. The van der Waals surface area contributed by atoms with Crippen LogP contribution in [0.5, 0.6) is 0 Å². The first-order valence-electron chi connectivity index (χ1n) is 13.2. The summed E-state index contributed by atoms with van der Waals surface area (Å²) in [5.41, 5.74) is 5.31. The van der Waals surface area contributed by atoms with Crippen LogP contribution in [0.3, 0.4) is 0 Å². The number of carbonyl (C=O) groups is 1. The van der Waals surface area contributed by atoms with Crippen LogP contribution in [-0.2, 0) is 13.0 Å². The molecule has 0 aliphatic heterocycles. The first-order chi connectivity index (χ1) is 18.4. The number of carbonyl (C=O) groups excluding carboxylic acids is 1. The number of benzene rings is 3. The molecule has 4 aromatic rings. The molecule has 2 atom stereocenters. The van der Waals surface area contributed by atoms with E-state index < -0.39 is 12.2 Å². The molecule has 1 heterocycles. The van der Waals surface area contributed by atoms with Gasteiger partial charge in [-0.25, -0.2) is 4.39 Å². The van der Waals surface area contributed by atoms with Gasteiger partial charge < -0.3 is 20.1 Å². The zero-order valence-corrected chi connectivity index (χ0v) is 21.9. The molecule has 0 radical (unpaired) electrons. The minimum atomic E-state index is -0.695. The summed E-state index contributed by atoms with van der Waals surface area (Å²) in [5, 5.41) is 23.8. The molecule has 0 spiro atoms. The number of anilines is 1. The van der Waals surface area contributed by atoms with Gasteiger partial charge in [0.1, 0.15) is 5.82 Å². The van der Waals surface area contributed by atoms with Crippen molar-refractivity contribution in [3.8, 4) is 22.4 Å². The van der Waals surface area contributed by atoms with Crippen molar-refractivity contribution < 1.29 is 19.4 Å². The van der Waals surface area contributed by atoms with Crippen molar-refractivity contribution in [3.63, 3.8) is 0 Å². The summed E-state index contributed by atoms with van der Waals surface area (Å²) in [4.78, 5) is 13.9. The number of aliphatic hydroxyl groups excluding tert-OH is 2. The minimum Gasteiger partial charge on any atom is -0.393 e. The molecule has 38 heavy (non-hydrogen) atoms. The molecule has 0 aliphatic carbocycles. The Morgan fingerprint density at radius 3 is 2.11 bits per heavy atom. The van der Waals surface area contributed by atoms with E-state index in [4.69, 9.17) is 0 Å². The zero-order valence-electron chi connectivity index (χ0n) is 21.9. The Morgan fingerprint density at radius 1 is 0.868 bits per heavy atom. The van der Waals surface area contributed by atoms with Crippen LogP contribution in [0.1, 0.15) is 49.2 Å². The van der Waals surface area contributed by atoms with Crippen LogP contribution in [0.2, 0.25) is 0 Å². The maximum atomic E-state index is 13.9. The van der Waals surface area contributed by atoms with Gasteiger partial charge in [0.2, 0.25) is 0 Å². The van der Waals surface area contributed by atoms with Gasteiger partial charge in [-0.15, -0.1) is 0 Å². The van der Waals surface area contributed by atoms with Crippen molar-refractivity contribution in [3.05, 3.63) is 102 Å². The van der Waals surface area contributed by atoms with Crippen molar-refractivity contribution >= 4 is 11.6 Å². The zero-order chi connectivity index (χ0) is 27.1. The summed E-state index contributed by atoms with van der Waals surface area (Å²) in [7, 11) is 0. The Bertz CT molecular complexity index is 1330. The van der Waals surface area contributed by atoms with Crippen molar-refractivity contribution in [2.24, 2.45) is 0 Å². The second kappa shape index (κ2) is 12.7. The molecule has 5 nitrogen and oxygen atoms in total. The highest BCUT2D eigenvalue weighted by molar-refractivity contribution is 6.12. The van der Waals surface area contributed by atoms with E-state index in [1.54, 1.807) is 12.1 Å². The van der Waals surface area contributed by atoms with Crippen LogP contribution in [0.25, 0.3) is 22.4 Å². The van der Waals surface area contributed by atoms with Gasteiger partial charge >= 0.3 is 0 Å². The third kappa shape index (κ3) is 6.21. The van der Waals surface area contributed by atoms with E-state index in [-0.39, 0.29) is 18.1 Å². The van der Waals surface area contributed by atoms with E-state index in [1.807, 2.05) is 74.5 Å². The molecule has 6 heteroatoms. The van der Waals surface area contributed by atoms with E-state index in [9.17, 15) is 19.4 Å². The van der Waals surface area contributed by atoms with Crippen LogP contribution in [-0.4, -0.2) is 32.9 Å². The summed E-state index contributed by atoms with van der Waals surface area (Å²) in [6.45, 7) is 4.33. The molecule has 4 rings (SSSR count). The van der Waals surface area contributed by atoms with Gasteiger partial charge in [-0.1, -0.05) is 62.4 Å². The molecule has 3 N–H and O–H groups in total. The number of halogens is 1. The largest absolute Gasteiger partial charge is 0.393 e. The molecule has 0 fully saturated rings. The quantitative estimate of drug-likeness (QED) is 0.209. The molecule has 0 saturated carbocycles. The Hall–Kier alpha value is -3.74. The molecule has 0 bridgehead atoms. The van der Waals surface area contributed by atoms with Gasteiger partial charge in [-0.3, -0.25) is 4.79 Å². The molecular formula is C32H35FN2O3. The number of aromatic nitrogens is 1. The third-order valence-electron chi connectivity index (χ3n) is 6.85. The van der Waals surface area contributed by atoms with Crippen LogP contribution in [0, 0.1) is 5.82 Å². The molecule has 1 amide bonds. The topological polar surface area (TPSA) is 74.5 Å². The maximum absolute atomic E-state index is 13.9. The molecule has 198 valence electrons. The normalized spacial score (nSPS) is 12.8. The summed E-state index contributed by atoms with van der Waals surface area (Å²) in [6, 6.07) is 25.4. The molecule has 1 aromatic heterocycles. The second-order valence-corrected chi connectivity index (χ2v) is 9.48. The predicted molar refractivity (Wildman–Crippen MR) is 151 cm³/mol. The Labute approximate surface area is 223 Å². The number of rotatable bonds is 11. The van der Waals surface area contributed by atoms with E-state index in [1.165, 1.54) is 12.1 Å². The van der Waals surface area contributed by atoms with Gasteiger partial charge in [0.05, 0.1) is 23.5 Å². The summed E-state index contributed by atoms with van der Waals surface area (Å²) < 4.78 is 16.0. The van der Waals surface area contributed by atoms with Crippen molar-refractivity contribution in [1.82, 2.24) is 4.57 Å². The first-order valence-corrected chi connectivity index (χ1v) is 13.2. The number of aliphatic hydroxyl groups is 2. The molecule has 0 aliphatic rings. The van der Waals surface area contributed by atoms with Crippen LogP contribution in [0.15, 0.2) is 84.9 Å². The van der Waals surface area contributed by atoms with Gasteiger partial charge in [-0.2, -0.15) is 0 Å². The Kier molecular flexibility index (Phi) is 9.10. The molecule has 2 unspecified atom stereocenters. The van der Waals surface area contributed by atoms with Crippen molar-refractivity contribution in [1.29, 1.82) is 0 Å². The van der Waals surface area contributed by atoms with E-state index in [2.05, 4.69) is 9.88 Å². The monoisotopic (exact) mass is 514 g/mol. The first kappa shape index (κ1) is 27.3. The number of para-hydroxylation sites is 1. The van der Waals surface area contributed by atoms with Crippen LogP contribution < -0.4 is 5.32 Å². The summed E-state index contributed by atoms with van der Waals surface area (Å²) >= 11 is 0. The fraction of sp³-hybridized carbons (Fsp3) is 0.281. The smallest absolute Gasteiger partial charge is 0.258 e. The molecular weight excluding hydrogens is 479 g/mol. The SMILES string of the molecule is CCc1c(C(=O)Nc2ccccc2)c(-c2ccccc2)c(-c2ccc(F)cc2)n1CCC(O)CC(O)CC. The van der Waals surface area contributed by atoms with Crippen molar-refractivity contribution in [2.45, 2.75) is 58.3 Å². The fourth-order valence-corrected chi connectivity index (χ4v) is 4.91. The van der Waals surface area contributed by atoms with Crippen molar-refractivity contribution in [2.75, 3.05) is 5.32 Å². The molecule has 3 aromatic carbocycles. The minimum absolute atomic E-state index is 0.226. The highest BCUT2D eigenvalue weighted by Crippen LogP contribution is 2.40. The average molecular weight is 515 g/mol. The average Bonchev–Trinajstić information content (AvgIpc) is 3.27. The van der Waals surface area contributed by atoms with Gasteiger partial charge in [0.15, 0.2) is 0 Å². The number of nitrogens with zero attached hydrogens (tertiary/aromatic N) is 1. The van der Waals surface area contributed by atoms with E-state index >= 15 is 0 Å². The maximum Gasteiger partial charge on any atom is 0.258 e. The lowest BCUT2D eigenvalue weighted by atomic mass is 9.96. The number of hydrogen-bond donors (Lipinski definition) is 3.